The Balaban J connectivity index is 3.17. The summed E-state index contributed by atoms with van der Waals surface area (Å²) in [5, 5.41) is 9.25. The molecule has 20 heavy (non-hydrogen) atoms. The van der Waals surface area contributed by atoms with Crippen LogP contribution >= 0.6 is 15.9 Å². The predicted molar refractivity (Wildman–Crippen MR) is 82.0 cm³/mol. The zero-order valence-corrected chi connectivity index (χ0v) is 14.4. The largest absolute Gasteiger partial charge is 0.598 e. The van der Waals surface area contributed by atoms with Crippen molar-refractivity contribution in [2.24, 2.45) is 0 Å². The SMILES string of the molecule is CC(C)(C)[S+]([O-])N[C@@](C)(CCO)c1cc(Br)cnc1F. The average molecular weight is 367 g/mol. The lowest BCUT2D eigenvalue weighted by molar-refractivity contribution is 0.233. The normalized spacial score (nSPS) is 16.8. The Labute approximate surface area is 130 Å². The quantitative estimate of drug-likeness (QED) is 0.620. The van der Waals surface area contributed by atoms with Gasteiger partial charge in [0.15, 0.2) is 0 Å². The monoisotopic (exact) mass is 366 g/mol. The van der Waals surface area contributed by atoms with Gasteiger partial charge in [-0.25, -0.2) is 4.98 Å². The second kappa shape index (κ2) is 6.70. The molecule has 1 aromatic rings. The molecule has 0 aliphatic heterocycles. The Kier molecular flexibility index (Phi) is 5.98. The molecule has 7 heteroatoms. The van der Waals surface area contributed by atoms with Gasteiger partial charge in [-0.15, -0.1) is 4.72 Å². The summed E-state index contributed by atoms with van der Waals surface area (Å²) in [4.78, 5) is 3.66. The minimum Gasteiger partial charge on any atom is -0.598 e. The molecule has 1 rings (SSSR count). The molecule has 1 aromatic heterocycles. The van der Waals surface area contributed by atoms with E-state index >= 15 is 0 Å². The van der Waals surface area contributed by atoms with Gasteiger partial charge in [0.1, 0.15) is 4.75 Å². The van der Waals surface area contributed by atoms with Crippen molar-refractivity contribution in [1.82, 2.24) is 9.71 Å². The van der Waals surface area contributed by atoms with Crippen molar-refractivity contribution in [3.8, 4) is 0 Å². The van der Waals surface area contributed by atoms with Crippen LogP contribution in [0, 0.1) is 5.95 Å². The van der Waals surface area contributed by atoms with E-state index in [2.05, 4.69) is 25.6 Å². The van der Waals surface area contributed by atoms with Gasteiger partial charge in [-0.05, 0) is 56.1 Å². The fourth-order valence-corrected chi connectivity index (χ4v) is 2.89. The van der Waals surface area contributed by atoms with Crippen molar-refractivity contribution in [3.05, 3.63) is 28.2 Å². The van der Waals surface area contributed by atoms with Crippen LogP contribution in [-0.4, -0.2) is 26.0 Å². The molecule has 0 radical (unpaired) electrons. The number of hydrogen-bond acceptors (Lipinski definition) is 4. The van der Waals surface area contributed by atoms with E-state index in [1.54, 1.807) is 13.0 Å². The summed E-state index contributed by atoms with van der Waals surface area (Å²) < 4.78 is 29.3. The highest BCUT2D eigenvalue weighted by Gasteiger charge is 2.38. The second-order valence-electron chi connectivity index (χ2n) is 5.78. The zero-order chi connectivity index (χ0) is 15.6. The number of rotatable bonds is 5. The Morgan fingerprint density at radius 3 is 2.55 bits per heavy atom. The summed E-state index contributed by atoms with van der Waals surface area (Å²) >= 11 is 1.86. The summed E-state index contributed by atoms with van der Waals surface area (Å²) in [5.74, 6) is -0.637. The van der Waals surface area contributed by atoms with E-state index in [4.69, 9.17) is 0 Å². The van der Waals surface area contributed by atoms with E-state index in [1.807, 2.05) is 20.8 Å². The first-order valence-corrected chi connectivity index (χ1v) is 8.16. The van der Waals surface area contributed by atoms with Gasteiger partial charge in [0.05, 0.1) is 5.54 Å². The topological polar surface area (TPSA) is 68.2 Å². The average Bonchev–Trinajstić information content (AvgIpc) is 2.31. The molecule has 0 aromatic carbocycles. The highest BCUT2D eigenvalue weighted by molar-refractivity contribution is 9.10. The summed E-state index contributed by atoms with van der Waals surface area (Å²) in [6, 6.07) is 1.59. The van der Waals surface area contributed by atoms with E-state index < -0.39 is 27.6 Å². The standard InChI is InChI=1S/C13H20BrFN2O2S/c1-12(2,3)20(19)17-13(4,5-6-18)10-7-9(14)8-16-11(10)15/h7-8,17-18H,5-6H2,1-4H3/t13-,20?/m0/s1. The number of hydrogen-bond donors (Lipinski definition) is 2. The molecule has 114 valence electrons. The lowest BCUT2D eigenvalue weighted by Crippen LogP contribution is -2.50. The van der Waals surface area contributed by atoms with Crippen LogP contribution in [0.25, 0.3) is 0 Å². The third-order valence-electron chi connectivity index (χ3n) is 2.89. The number of aromatic nitrogens is 1. The summed E-state index contributed by atoms with van der Waals surface area (Å²) in [7, 11) is 0. The van der Waals surface area contributed by atoms with Crippen molar-refractivity contribution in [2.75, 3.05) is 6.61 Å². The Morgan fingerprint density at radius 1 is 1.45 bits per heavy atom. The van der Waals surface area contributed by atoms with Gasteiger partial charge >= 0.3 is 0 Å². The predicted octanol–water partition coefficient (Wildman–Crippen LogP) is 2.63. The van der Waals surface area contributed by atoms with Crippen LogP contribution in [0.15, 0.2) is 16.7 Å². The molecule has 0 amide bonds. The lowest BCUT2D eigenvalue weighted by Gasteiger charge is -2.34. The first kappa shape index (κ1) is 17.8. The molecule has 0 saturated carbocycles. The molecule has 2 N–H and O–H groups in total. The number of pyridine rings is 1. The van der Waals surface area contributed by atoms with Gasteiger partial charge in [0, 0.05) is 34.2 Å². The molecule has 1 heterocycles. The van der Waals surface area contributed by atoms with Crippen LogP contribution in [0.1, 0.15) is 39.7 Å². The van der Waals surface area contributed by atoms with Crippen LogP contribution < -0.4 is 4.72 Å². The zero-order valence-electron chi connectivity index (χ0n) is 12.0. The van der Waals surface area contributed by atoms with Gasteiger partial charge in [0.2, 0.25) is 5.95 Å². The van der Waals surface area contributed by atoms with Gasteiger partial charge in [0.25, 0.3) is 0 Å². The van der Waals surface area contributed by atoms with Gasteiger partial charge in [-0.2, -0.15) is 4.39 Å². The number of nitrogens with zero attached hydrogens (tertiary/aromatic N) is 1. The fraction of sp³-hybridized carbons (Fsp3) is 0.615. The van der Waals surface area contributed by atoms with Gasteiger partial charge in [-0.1, -0.05) is 0 Å². The Morgan fingerprint density at radius 2 is 2.05 bits per heavy atom. The van der Waals surface area contributed by atoms with Gasteiger partial charge < -0.3 is 9.66 Å². The molecule has 0 aliphatic rings. The molecule has 1 unspecified atom stereocenters. The van der Waals surface area contributed by atoms with Gasteiger partial charge in [-0.3, -0.25) is 0 Å². The van der Waals surface area contributed by atoms with E-state index in [9.17, 15) is 14.0 Å². The molecular formula is C13H20BrFN2O2S. The minimum atomic E-state index is -1.39. The van der Waals surface area contributed by atoms with E-state index in [-0.39, 0.29) is 18.6 Å². The van der Waals surface area contributed by atoms with Crippen molar-refractivity contribution >= 4 is 27.3 Å². The molecular weight excluding hydrogens is 347 g/mol. The van der Waals surface area contributed by atoms with Crippen LogP contribution in [0.4, 0.5) is 4.39 Å². The third kappa shape index (κ3) is 4.39. The lowest BCUT2D eigenvalue weighted by atomic mass is 9.91. The minimum absolute atomic E-state index is 0.156. The molecule has 0 spiro atoms. The molecule has 2 atom stereocenters. The maximum Gasteiger partial charge on any atom is 0.218 e. The van der Waals surface area contributed by atoms with Crippen molar-refractivity contribution in [2.45, 2.75) is 44.4 Å². The van der Waals surface area contributed by atoms with Crippen LogP contribution in [0.5, 0.6) is 0 Å². The maximum absolute atomic E-state index is 14.0. The fourth-order valence-electron chi connectivity index (χ4n) is 1.63. The number of aliphatic hydroxyl groups is 1. The van der Waals surface area contributed by atoms with Crippen molar-refractivity contribution < 1.29 is 14.0 Å². The van der Waals surface area contributed by atoms with Crippen LogP contribution in [0.3, 0.4) is 0 Å². The van der Waals surface area contributed by atoms with Crippen molar-refractivity contribution in [3.63, 3.8) is 0 Å². The number of nitrogens with one attached hydrogen (secondary N) is 1. The highest BCUT2D eigenvalue weighted by Crippen LogP contribution is 2.31. The van der Waals surface area contributed by atoms with Crippen LogP contribution in [0.2, 0.25) is 0 Å². The molecule has 0 bridgehead atoms. The van der Waals surface area contributed by atoms with E-state index in [0.717, 1.165) is 0 Å². The molecule has 0 aliphatic carbocycles. The summed E-state index contributed by atoms with van der Waals surface area (Å²) in [5.41, 5.74) is -0.688. The summed E-state index contributed by atoms with van der Waals surface area (Å²) in [6.45, 7) is 7.02. The molecule has 4 nitrogen and oxygen atoms in total. The Bertz CT molecular complexity index is 470. The smallest absolute Gasteiger partial charge is 0.218 e. The molecule has 0 saturated heterocycles. The highest BCUT2D eigenvalue weighted by atomic mass is 79.9. The third-order valence-corrected chi connectivity index (χ3v) is 5.07. The second-order valence-corrected chi connectivity index (χ2v) is 8.66. The maximum atomic E-state index is 14.0. The Hall–Kier alpha value is -0.210. The number of aliphatic hydroxyl groups excluding tert-OH is 1. The van der Waals surface area contributed by atoms with Crippen molar-refractivity contribution in [1.29, 1.82) is 0 Å². The first-order chi connectivity index (χ1) is 9.10. The molecule has 0 fully saturated rings. The van der Waals surface area contributed by atoms with Crippen LogP contribution in [-0.2, 0) is 16.9 Å². The number of halogens is 2. The van der Waals surface area contributed by atoms with E-state index in [0.29, 0.717) is 4.47 Å². The first-order valence-electron chi connectivity index (χ1n) is 6.22. The summed E-state index contributed by atoms with van der Waals surface area (Å²) in [6.07, 6.45) is 1.59. The van der Waals surface area contributed by atoms with E-state index in [1.165, 1.54) is 6.20 Å².